The van der Waals surface area contributed by atoms with Gasteiger partial charge in [-0.2, -0.15) is 0 Å². The van der Waals surface area contributed by atoms with Crippen molar-refractivity contribution >= 4 is 28.8 Å². The first-order chi connectivity index (χ1) is 5.91. The summed E-state index contributed by atoms with van der Waals surface area (Å²) in [5.41, 5.74) is -0.310. The van der Waals surface area contributed by atoms with Gasteiger partial charge in [-0.05, 0) is 0 Å². The normalized spacial score (nSPS) is 11.2. The fourth-order valence-corrected chi connectivity index (χ4v) is 2.45. The summed E-state index contributed by atoms with van der Waals surface area (Å²) in [6.07, 6.45) is 0. The maximum atomic E-state index is 10.8. The van der Waals surface area contributed by atoms with E-state index in [4.69, 9.17) is 6.77 Å². The molecule has 0 spiro atoms. The Hall–Kier alpha value is -0.842. The van der Waals surface area contributed by atoms with Crippen molar-refractivity contribution in [2.75, 3.05) is 0 Å². The van der Waals surface area contributed by atoms with Crippen molar-refractivity contribution in [2.24, 2.45) is 0 Å². The van der Waals surface area contributed by atoms with E-state index in [1.807, 2.05) is 0 Å². The Morgan fingerprint density at radius 2 is 2.00 bits per heavy atom. The first kappa shape index (κ1) is 10.2. The third-order valence-electron chi connectivity index (χ3n) is 1.38. The Bertz CT molecular complexity index is 384. The molecular formula is C6H6NO5Sb. The number of hydrogen-bond acceptors (Lipinski definition) is 3. The van der Waals surface area contributed by atoms with Crippen molar-refractivity contribution in [2.45, 2.75) is 0 Å². The molecule has 0 atom stereocenters. The molecule has 1 aromatic carbocycles. The summed E-state index contributed by atoms with van der Waals surface area (Å²) >= 11 is -5.27. The second kappa shape index (κ2) is 3.49. The molecule has 0 aromatic heterocycles. The first-order valence-corrected chi connectivity index (χ1v) is 7.82. The number of nitro benzene ring substituents is 1. The minimum absolute atomic E-state index is 0.257. The van der Waals surface area contributed by atoms with Gasteiger partial charge in [0.25, 0.3) is 0 Å². The maximum absolute atomic E-state index is 10.8. The second-order valence-electron chi connectivity index (χ2n) is 2.32. The van der Waals surface area contributed by atoms with E-state index in [0.29, 0.717) is 0 Å². The summed E-state index contributed by atoms with van der Waals surface area (Å²) in [6.45, 7) is 0. The molecule has 0 saturated carbocycles. The van der Waals surface area contributed by atoms with Crippen LogP contribution in [0, 0.1) is 10.1 Å². The number of nitrogens with zero attached hydrogens (tertiary/aromatic N) is 1. The molecule has 0 aliphatic rings. The minimum atomic E-state index is -5.27. The summed E-state index contributed by atoms with van der Waals surface area (Å²) in [7, 11) is 0. The molecule has 0 aliphatic carbocycles. The van der Waals surface area contributed by atoms with Crippen LogP contribution in [0.2, 0.25) is 0 Å². The van der Waals surface area contributed by atoms with Gasteiger partial charge in [0.2, 0.25) is 0 Å². The van der Waals surface area contributed by atoms with E-state index >= 15 is 0 Å². The van der Waals surface area contributed by atoms with Gasteiger partial charge in [0.15, 0.2) is 0 Å². The predicted octanol–water partition coefficient (Wildman–Crippen LogP) is -0.844. The molecule has 0 amide bonds. The molecule has 0 saturated heterocycles. The number of non-ortho nitro benzene ring substituents is 1. The van der Waals surface area contributed by atoms with E-state index in [2.05, 4.69) is 0 Å². The van der Waals surface area contributed by atoms with Gasteiger partial charge in [0, 0.05) is 0 Å². The van der Waals surface area contributed by atoms with Crippen molar-refractivity contribution in [3.8, 4) is 0 Å². The predicted molar refractivity (Wildman–Crippen MR) is 43.6 cm³/mol. The standard InChI is InChI=1S/C6H4NO2.2H2O.O.Sb/c8-7(9)6-4-2-1-3-5-6;;;;/h1-2,4-5H;2*1H2;;/q;;;;+2/p-2. The molecule has 0 radical (unpaired) electrons. The third-order valence-corrected chi connectivity index (χ3v) is 4.09. The summed E-state index contributed by atoms with van der Waals surface area (Å²) in [5, 5.41) is 10.2. The monoisotopic (exact) mass is 293 g/mol. The fourth-order valence-electron chi connectivity index (χ4n) is 0.788. The number of rotatable bonds is 2. The van der Waals surface area contributed by atoms with Crippen LogP contribution in [0.4, 0.5) is 5.69 Å². The van der Waals surface area contributed by atoms with Gasteiger partial charge in [-0.15, -0.1) is 0 Å². The average molecular weight is 294 g/mol. The van der Waals surface area contributed by atoms with E-state index in [-0.39, 0.29) is 9.20 Å². The SMILES string of the molecule is O=[N+]([O-])c1ccc[c]([Sb](=[O])([OH])[OH])c1. The molecule has 1 aromatic rings. The van der Waals surface area contributed by atoms with Gasteiger partial charge in [-0.25, -0.2) is 0 Å². The molecule has 13 heavy (non-hydrogen) atoms. The van der Waals surface area contributed by atoms with Crippen LogP contribution in [0.1, 0.15) is 0 Å². The number of benzene rings is 1. The molecule has 0 unspecified atom stereocenters. The zero-order valence-corrected chi connectivity index (χ0v) is 8.88. The van der Waals surface area contributed by atoms with Gasteiger partial charge in [-0.1, -0.05) is 0 Å². The molecular weight excluding hydrogens is 288 g/mol. The van der Waals surface area contributed by atoms with Gasteiger partial charge >= 0.3 is 77.9 Å². The summed E-state index contributed by atoms with van der Waals surface area (Å²) in [6, 6.07) is 4.52. The van der Waals surface area contributed by atoms with Gasteiger partial charge in [0.1, 0.15) is 0 Å². The molecule has 0 heterocycles. The Kier molecular flexibility index (Phi) is 2.75. The molecule has 0 bridgehead atoms. The molecule has 0 fully saturated rings. The molecule has 2 N–H and O–H groups in total. The van der Waals surface area contributed by atoms with Crippen LogP contribution >= 0.6 is 0 Å². The zero-order valence-electron chi connectivity index (χ0n) is 6.32. The van der Waals surface area contributed by atoms with Crippen molar-refractivity contribution in [1.82, 2.24) is 0 Å². The van der Waals surface area contributed by atoms with Crippen LogP contribution in [0.3, 0.4) is 0 Å². The Morgan fingerprint density at radius 3 is 2.46 bits per heavy atom. The van der Waals surface area contributed by atoms with Crippen LogP contribution < -0.4 is 3.51 Å². The third kappa shape index (κ3) is 2.55. The van der Waals surface area contributed by atoms with Gasteiger partial charge < -0.3 is 0 Å². The van der Waals surface area contributed by atoms with Gasteiger partial charge in [0.05, 0.1) is 0 Å². The molecule has 70 valence electrons. The zero-order chi connectivity index (χ0) is 10.1. The summed E-state index contributed by atoms with van der Waals surface area (Å²) < 4.78 is 28.1. The van der Waals surface area contributed by atoms with Crippen LogP contribution in [0.15, 0.2) is 24.3 Å². The van der Waals surface area contributed by atoms with Gasteiger partial charge in [-0.3, -0.25) is 0 Å². The van der Waals surface area contributed by atoms with Crippen LogP contribution in [-0.4, -0.2) is 31.3 Å². The Balaban J connectivity index is 3.21. The van der Waals surface area contributed by atoms with Crippen molar-refractivity contribution in [3.63, 3.8) is 0 Å². The van der Waals surface area contributed by atoms with Crippen LogP contribution in [0.5, 0.6) is 0 Å². The molecule has 6 nitrogen and oxygen atoms in total. The van der Waals surface area contributed by atoms with E-state index in [0.717, 1.165) is 6.07 Å². The van der Waals surface area contributed by atoms with E-state index in [1.54, 1.807) is 0 Å². The Labute approximate surface area is 78.1 Å². The number of hydrogen-bond donors (Lipinski definition) is 2. The van der Waals surface area contributed by atoms with Crippen molar-refractivity contribution in [3.05, 3.63) is 34.4 Å². The first-order valence-electron chi connectivity index (χ1n) is 3.22. The average Bonchev–Trinajstić information content (AvgIpc) is 2.03. The van der Waals surface area contributed by atoms with Crippen LogP contribution in [0.25, 0.3) is 0 Å². The quantitative estimate of drug-likeness (QED) is 0.420. The Morgan fingerprint density at radius 1 is 1.38 bits per heavy atom. The summed E-state index contributed by atoms with van der Waals surface area (Å²) in [4.78, 5) is 9.55. The summed E-state index contributed by atoms with van der Waals surface area (Å²) in [5.74, 6) is 0. The number of nitro groups is 1. The van der Waals surface area contributed by atoms with E-state index in [9.17, 15) is 13.1 Å². The van der Waals surface area contributed by atoms with Crippen molar-refractivity contribution < 1.29 is 14.7 Å². The van der Waals surface area contributed by atoms with Crippen molar-refractivity contribution in [1.29, 1.82) is 0 Å². The van der Waals surface area contributed by atoms with E-state index in [1.165, 1.54) is 18.2 Å². The second-order valence-corrected chi connectivity index (χ2v) is 6.90. The fraction of sp³-hybridized carbons (Fsp3) is 0. The van der Waals surface area contributed by atoms with E-state index < -0.39 is 24.6 Å². The van der Waals surface area contributed by atoms with Crippen LogP contribution in [-0.2, 0) is 3.02 Å². The molecule has 0 aliphatic heterocycles. The topological polar surface area (TPSA) is 101 Å². The molecule has 7 heteroatoms. The molecule has 1 rings (SSSR count).